The first-order valence-corrected chi connectivity index (χ1v) is 6.65. The number of rotatable bonds is 5. The molecule has 0 spiro atoms. The second-order valence-corrected chi connectivity index (χ2v) is 4.98. The first-order chi connectivity index (χ1) is 9.11. The summed E-state index contributed by atoms with van der Waals surface area (Å²) in [6.45, 7) is 0.989. The van der Waals surface area contributed by atoms with Crippen molar-refractivity contribution in [1.82, 2.24) is 19.9 Å². The lowest BCUT2D eigenvalue weighted by Crippen LogP contribution is -2.51. The van der Waals surface area contributed by atoms with E-state index in [9.17, 15) is 9.59 Å². The number of thioether (sulfide) groups is 1. The van der Waals surface area contributed by atoms with E-state index in [-0.39, 0.29) is 23.4 Å². The van der Waals surface area contributed by atoms with Crippen molar-refractivity contribution in [2.45, 2.75) is 6.04 Å². The molecule has 1 saturated heterocycles. The molecule has 0 bridgehead atoms. The minimum absolute atomic E-state index is 0.0185. The second kappa shape index (κ2) is 5.71. The Morgan fingerprint density at radius 3 is 2.89 bits per heavy atom. The quantitative estimate of drug-likeness (QED) is 0.732. The largest absolute Gasteiger partial charge is 0.476 e. The molecule has 0 aliphatic carbocycles. The van der Waals surface area contributed by atoms with E-state index in [1.54, 1.807) is 4.90 Å². The van der Waals surface area contributed by atoms with Crippen molar-refractivity contribution in [3.05, 3.63) is 11.9 Å². The van der Waals surface area contributed by atoms with Crippen LogP contribution in [0.25, 0.3) is 0 Å². The number of hydrogen-bond acceptors (Lipinski definition) is 6. The SMILES string of the molecule is N#CCSCC(=O)N1CC(n2cc(C(=O)O)nn2)C1. The Balaban J connectivity index is 1.80. The molecule has 0 radical (unpaired) electrons. The van der Waals surface area contributed by atoms with Crippen molar-refractivity contribution >= 4 is 23.6 Å². The highest BCUT2D eigenvalue weighted by Crippen LogP contribution is 2.21. The number of carbonyl (C=O) groups is 2. The minimum Gasteiger partial charge on any atom is -0.476 e. The van der Waals surface area contributed by atoms with Crippen LogP contribution in [0.15, 0.2) is 6.20 Å². The van der Waals surface area contributed by atoms with Gasteiger partial charge in [-0.25, -0.2) is 9.48 Å². The highest BCUT2D eigenvalue weighted by atomic mass is 32.2. The van der Waals surface area contributed by atoms with E-state index < -0.39 is 5.97 Å². The summed E-state index contributed by atoms with van der Waals surface area (Å²) in [4.78, 5) is 23.9. The lowest BCUT2D eigenvalue weighted by atomic mass is 10.1. The Labute approximate surface area is 113 Å². The fourth-order valence-corrected chi connectivity index (χ4v) is 2.21. The third-order valence-corrected chi connectivity index (χ3v) is 3.49. The van der Waals surface area contributed by atoms with Crippen LogP contribution in [0.4, 0.5) is 0 Å². The van der Waals surface area contributed by atoms with E-state index in [0.29, 0.717) is 18.8 Å². The molecule has 1 N–H and O–H groups in total. The Hall–Kier alpha value is -2.08. The molecule has 1 aliphatic heterocycles. The smallest absolute Gasteiger partial charge is 0.358 e. The molecule has 9 heteroatoms. The lowest BCUT2D eigenvalue weighted by molar-refractivity contribution is -0.134. The molecule has 0 atom stereocenters. The van der Waals surface area contributed by atoms with Gasteiger partial charge in [0.15, 0.2) is 5.69 Å². The van der Waals surface area contributed by atoms with Crippen LogP contribution in [0, 0.1) is 11.3 Å². The molecule has 19 heavy (non-hydrogen) atoms. The second-order valence-electron chi connectivity index (χ2n) is 3.99. The third-order valence-electron chi connectivity index (χ3n) is 2.71. The standard InChI is InChI=1S/C10H11N5O3S/c11-1-2-19-6-9(16)14-3-7(4-14)15-5-8(10(17)18)12-13-15/h5,7H,2-4,6H2,(H,17,18). The molecule has 1 aromatic rings. The molecule has 0 aromatic carbocycles. The van der Waals surface area contributed by atoms with Gasteiger partial charge in [-0.15, -0.1) is 16.9 Å². The molecule has 2 heterocycles. The van der Waals surface area contributed by atoms with Crippen LogP contribution in [0.5, 0.6) is 0 Å². The topological polar surface area (TPSA) is 112 Å². The summed E-state index contributed by atoms with van der Waals surface area (Å²) in [5.41, 5.74) is -0.102. The van der Waals surface area contributed by atoms with Crippen LogP contribution in [-0.4, -0.2) is 61.5 Å². The summed E-state index contributed by atoms with van der Waals surface area (Å²) in [5.74, 6) is -0.548. The van der Waals surface area contributed by atoms with E-state index in [1.165, 1.54) is 22.6 Å². The number of aromatic nitrogens is 3. The molecule has 0 unspecified atom stereocenters. The number of nitriles is 1. The summed E-state index contributed by atoms with van der Waals surface area (Å²) in [6.07, 6.45) is 1.36. The number of hydrogen-bond donors (Lipinski definition) is 1. The van der Waals surface area contributed by atoms with Gasteiger partial charge in [0.1, 0.15) is 0 Å². The molecule has 1 fully saturated rings. The molecular formula is C10H11N5O3S. The number of carbonyl (C=O) groups excluding carboxylic acids is 1. The van der Waals surface area contributed by atoms with E-state index in [1.807, 2.05) is 6.07 Å². The van der Waals surface area contributed by atoms with Crippen molar-refractivity contribution in [2.24, 2.45) is 0 Å². The van der Waals surface area contributed by atoms with Gasteiger partial charge in [-0.2, -0.15) is 5.26 Å². The Bertz CT molecular complexity index is 532. The predicted octanol–water partition coefficient (Wildman–Crippen LogP) is -0.384. The Morgan fingerprint density at radius 2 is 2.32 bits per heavy atom. The van der Waals surface area contributed by atoms with Gasteiger partial charge in [0.05, 0.1) is 29.8 Å². The van der Waals surface area contributed by atoms with Crippen molar-refractivity contribution in [2.75, 3.05) is 24.6 Å². The monoisotopic (exact) mass is 281 g/mol. The maximum atomic E-state index is 11.6. The number of amides is 1. The van der Waals surface area contributed by atoms with Crippen LogP contribution in [-0.2, 0) is 4.79 Å². The van der Waals surface area contributed by atoms with Gasteiger partial charge in [0, 0.05) is 13.1 Å². The number of aromatic carboxylic acids is 1. The summed E-state index contributed by atoms with van der Waals surface area (Å²) in [7, 11) is 0. The summed E-state index contributed by atoms with van der Waals surface area (Å²) >= 11 is 1.28. The molecule has 2 rings (SSSR count). The maximum Gasteiger partial charge on any atom is 0.358 e. The molecule has 1 aromatic heterocycles. The van der Waals surface area contributed by atoms with E-state index in [0.717, 1.165) is 0 Å². The van der Waals surface area contributed by atoms with Crippen LogP contribution in [0.3, 0.4) is 0 Å². The first kappa shape index (κ1) is 13.4. The van der Waals surface area contributed by atoms with Crippen molar-refractivity contribution in [1.29, 1.82) is 5.26 Å². The van der Waals surface area contributed by atoms with E-state index in [2.05, 4.69) is 10.3 Å². The van der Waals surface area contributed by atoms with E-state index in [4.69, 9.17) is 10.4 Å². The highest BCUT2D eigenvalue weighted by Gasteiger charge is 2.32. The highest BCUT2D eigenvalue weighted by molar-refractivity contribution is 8.00. The normalized spacial score (nSPS) is 14.8. The number of nitrogens with zero attached hydrogens (tertiary/aromatic N) is 5. The lowest BCUT2D eigenvalue weighted by Gasteiger charge is -2.38. The van der Waals surface area contributed by atoms with Crippen LogP contribution < -0.4 is 0 Å². The fourth-order valence-electron chi connectivity index (χ4n) is 1.65. The van der Waals surface area contributed by atoms with Gasteiger partial charge in [-0.05, 0) is 0 Å². The van der Waals surface area contributed by atoms with Gasteiger partial charge in [-0.3, -0.25) is 4.79 Å². The minimum atomic E-state index is -1.12. The van der Waals surface area contributed by atoms with Gasteiger partial charge in [-0.1, -0.05) is 5.21 Å². The average Bonchev–Trinajstić information content (AvgIpc) is 2.77. The number of carboxylic acid groups (broad SMARTS) is 1. The zero-order chi connectivity index (χ0) is 13.8. The maximum absolute atomic E-state index is 11.6. The van der Waals surface area contributed by atoms with Gasteiger partial charge < -0.3 is 10.0 Å². The average molecular weight is 281 g/mol. The number of likely N-dealkylation sites (tertiary alicyclic amines) is 1. The fraction of sp³-hybridized carbons (Fsp3) is 0.500. The molecule has 100 valence electrons. The first-order valence-electron chi connectivity index (χ1n) is 5.49. The van der Waals surface area contributed by atoms with Crippen LogP contribution >= 0.6 is 11.8 Å². The summed E-state index contributed by atoms with van der Waals surface area (Å²) in [6, 6.07) is 1.94. The van der Waals surface area contributed by atoms with Crippen molar-refractivity contribution in [3.63, 3.8) is 0 Å². The summed E-state index contributed by atoms with van der Waals surface area (Å²) < 4.78 is 1.47. The zero-order valence-corrected chi connectivity index (χ0v) is 10.7. The molecular weight excluding hydrogens is 270 g/mol. The third kappa shape index (κ3) is 3.03. The summed E-state index contributed by atoms with van der Waals surface area (Å²) in [5, 5.41) is 24.3. The van der Waals surface area contributed by atoms with Gasteiger partial charge in [0.2, 0.25) is 5.91 Å². The van der Waals surface area contributed by atoms with Crippen molar-refractivity contribution < 1.29 is 14.7 Å². The Morgan fingerprint density at radius 1 is 1.58 bits per heavy atom. The number of carboxylic acids is 1. The molecule has 8 nitrogen and oxygen atoms in total. The molecule has 0 saturated carbocycles. The van der Waals surface area contributed by atoms with Gasteiger partial charge in [0.25, 0.3) is 0 Å². The molecule has 1 aliphatic rings. The van der Waals surface area contributed by atoms with Gasteiger partial charge >= 0.3 is 5.97 Å². The van der Waals surface area contributed by atoms with Crippen LogP contribution in [0.2, 0.25) is 0 Å². The zero-order valence-electron chi connectivity index (χ0n) is 9.89. The predicted molar refractivity (Wildman–Crippen MR) is 65.5 cm³/mol. The van der Waals surface area contributed by atoms with Crippen LogP contribution in [0.1, 0.15) is 16.5 Å². The molecule has 1 amide bonds. The Kier molecular flexibility index (Phi) is 4.01. The van der Waals surface area contributed by atoms with Crippen molar-refractivity contribution in [3.8, 4) is 6.07 Å². The van der Waals surface area contributed by atoms with E-state index >= 15 is 0 Å².